The van der Waals surface area contributed by atoms with E-state index in [2.05, 4.69) is 0 Å². The summed E-state index contributed by atoms with van der Waals surface area (Å²) >= 11 is 0. The third-order valence-electron chi connectivity index (χ3n) is 3.15. The Bertz CT molecular complexity index is 882. The highest BCUT2D eigenvalue weighted by molar-refractivity contribution is 7.86. The van der Waals surface area contributed by atoms with Gasteiger partial charge in [-0.3, -0.25) is 9.11 Å². The predicted octanol–water partition coefficient (Wildman–Crippen LogP) is 2.79. The monoisotopic (exact) mass is 358 g/mol. The van der Waals surface area contributed by atoms with Crippen LogP contribution in [0.5, 0.6) is 0 Å². The van der Waals surface area contributed by atoms with Crippen LogP contribution in [0.15, 0.2) is 52.3 Å². The second kappa shape index (κ2) is 7.22. The van der Waals surface area contributed by atoms with Crippen LogP contribution in [-0.4, -0.2) is 25.9 Å². The van der Waals surface area contributed by atoms with Gasteiger partial charge in [-0.05, 0) is 50.1 Å². The van der Waals surface area contributed by atoms with Gasteiger partial charge in [-0.1, -0.05) is 29.8 Å². The van der Waals surface area contributed by atoms with Gasteiger partial charge >= 0.3 is 0 Å². The Kier molecular flexibility index (Phi) is 6.06. The summed E-state index contributed by atoms with van der Waals surface area (Å²) in [5, 5.41) is 0. The van der Waals surface area contributed by atoms with Crippen molar-refractivity contribution in [3.05, 3.63) is 59.2 Å². The van der Waals surface area contributed by atoms with E-state index >= 15 is 0 Å². The molecule has 6 nitrogen and oxygen atoms in total. The molecule has 0 unspecified atom stereocenters. The Morgan fingerprint density at radius 3 is 1.65 bits per heavy atom. The molecule has 0 aromatic heterocycles. The van der Waals surface area contributed by atoms with Crippen molar-refractivity contribution in [1.82, 2.24) is 0 Å². The van der Waals surface area contributed by atoms with Crippen molar-refractivity contribution < 1.29 is 25.9 Å². The topological polar surface area (TPSA) is 109 Å². The van der Waals surface area contributed by atoms with Crippen molar-refractivity contribution in [3.8, 4) is 0 Å². The van der Waals surface area contributed by atoms with E-state index in [9.17, 15) is 16.8 Å². The molecule has 0 aliphatic carbocycles. The van der Waals surface area contributed by atoms with Crippen LogP contribution in [0.3, 0.4) is 0 Å². The molecular formula is C15H18O6S2. The number of aryl methyl sites for hydroxylation is 2. The quantitative estimate of drug-likeness (QED) is 0.799. The number of hydrogen-bond donors (Lipinski definition) is 2. The van der Waals surface area contributed by atoms with E-state index in [-0.39, 0.29) is 9.79 Å². The molecular weight excluding hydrogens is 340 g/mol. The van der Waals surface area contributed by atoms with E-state index in [0.29, 0.717) is 5.56 Å². The first-order valence-electron chi connectivity index (χ1n) is 6.51. The van der Waals surface area contributed by atoms with Gasteiger partial charge in [0, 0.05) is 0 Å². The second-order valence-electron chi connectivity index (χ2n) is 4.96. The lowest BCUT2D eigenvalue weighted by Crippen LogP contribution is -2.01. The zero-order chi connectivity index (χ0) is 17.8. The third-order valence-corrected chi connectivity index (χ3v) is 5.02. The minimum atomic E-state index is -4.06. The molecule has 0 saturated carbocycles. The molecule has 2 rings (SSSR count). The fourth-order valence-corrected chi connectivity index (χ4v) is 2.99. The maximum Gasteiger partial charge on any atom is 0.294 e. The number of benzene rings is 2. The standard InChI is InChI=1S/C8H10O3S.C7H8O3S/c1-6-4-3-5-8(7(6)2)12(9,10)11;1-6-2-4-7(5-3-6)11(8,9)10/h3-5H,1-2H3,(H,9,10,11);2-5H,1H3,(H,8,9,10). The highest BCUT2D eigenvalue weighted by Crippen LogP contribution is 2.17. The first-order valence-corrected chi connectivity index (χ1v) is 9.39. The van der Waals surface area contributed by atoms with Gasteiger partial charge in [0.1, 0.15) is 0 Å². The molecule has 0 aliphatic rings. The van der Waals surface area contributed by atoms with Gasteiger partial charge < -0.3 is 0 Å². The molecule has 0 amide bonds. The van der Waals surface area contributed by atoms with Crippen LogP contribution in [0.1, 0.15) is 16.7 Å². The molecule has 23 heavy (non-hydrogen) atoms. The van der Waals surface area contributed by atoms with E-state index in [0.717, 1.165) is 11.1 Å². The van der Waals surface area contributed by atoms with Gasteiger partial charge in [0.2, 0.25) is 0 Å². The zero-order valence-corrected chi connectivity index (χ0v) is 14.5. The lowest BCUT2D eigenvalue weighted by Gasteiger charge is -2.03. The molecule has 0 heterocycles. The van der Waals surface area contributed by atoms with Crippen LogP contribution in [0, 0.1) is 20.8 Å². The zero-order valence-electron chi connectivity index (χ0n) is 12.9. The Morgan fingerprint density at radius 2 is 1.26 bits per heavy atom. The molecule has 2 N–H and O–H groups in total. The van der Waals surface area contributed by atoms with Crippen LogP contribution < -0.4 is 0 Å². The van der Waals surface area contributed by atoms with Crippen LogP contribution in [-0.2, 0) is 20.2 Å². The van der Waals surface area contributed by atoms with E-state index in [1.807, 2.05) is 6.92 Å². The normalized spacial score (nSPS) is 11.5. The highest BCUT2D eigenvalue weighted by Gasteiger charge is 2.12. The van der Waals surface area contributed by atoms with Crippen molar-refractivity contribution in [2.24, 2.45) is 0 Å². The van der Waals surface area contributed by atoms with Crippen molar-refractivity contribution in [1.29, 1.82) is 0 Å². The van der Waals surface area contributed by atoms with Crippen molar-refractivity contribution in [3.63, 3.8) is 0 Å². The summed E-state index contributed by atoms with van der Waals surface area (Å²) in [7, 11) is -8.08. The summed E-state index contributed by atoms with van der Waals surface area (Å²) in [4.78, 5) is -0.0781. The van der Waals surface area contributed by atoms with Gasteiger partial charge in [0.05, 0.1) is 9.79 Å². The summed E-state index contributed by atoms with van der Waals surface area (Å²) in [5.41, 5.74) is 2.41. The van der Waals surface area contributed by atoms with E-state index in [1.165, 1.54) is 18.2 Å². The SMILES string of the molecule is Cc1ccc(S(=O)(=O)O)cc1.Cc1cccc(S(=O)(=O)O)c1C. The fraction of sp³-hybridized carbons (Fsp3) is 0.200. The minimum Gasteiger partial charge on any atom is -0.282 e. The first kappa shape index (κ1) is 19.3. The molecule has 0 saturated heterocycles. The van der Waals surface area contributed by atoms with E-state index < -0.39 is 20.2 Å². The van der Waals surface area contributed by atoms with Gasteiger partial charge in [0.15, 0.2) is 0 Å². The minimum absolute atomic E-state index is 0.0116. The summed E-state index contributed by atoms with van der Waals surface area (Å²) in [6, 6.07) is 10.8. The Hall–Kier alpha value is -1.74. The Morgan fingerprint density at radius 1 is 0.739 bits per heavy atom. The van der Waals surface area contributed by atoms with Crippen molar-refractivity contribution in [2.45, 2.75) is 30.6 Å². The van der Waals surface area contributed by atoms with Crippen molar-refractivity contribution >= 4 is 20.2 Å². The van der Waals surface area contributed by atoms with Crippen LogP contribution in [0.4, 0.5) is 0 Å². The molecule has 0 fully saturated rings. The van der Waals surface area contributed by atoms with E-state index in [1.54, 1.807) is 38.1 Å². The molecule has 0 radical (unpaired) electrons. The van der Waals surface area contributed by atoms with E-state index in [4.69, 9.17) is 9.11 Å². The number of rotatable bonds is 2. The van der Waals surface area contributed by atoms with Gasteiger partial charge in [-0.25, -0.2) is 0 Å². The van der Waals surface area contributed by atoms with Gasteiger partial charge in [-0.15, -0.1) is 0 Å². The average Bonchev–Trinajstić information content (AvgIpc) is 2.41. The predicted molar refractivity (Wildman–Crippen MR) is 86.7 cm³/mol. The van der Waals surface area contributed by atoms with Crippen LogP contribution >= 0.6 is 0 Å². The molecule has 0 aliphatic heterocycles. The summed E-state index contributed by atoms with van der Waals surface area (Å²) < 4.78 is 59.8. The third kappa shape index (κ3) is 5.76. The van der Waals surface area contributed by atoms with Crippen LogP contribution in [0.2, 0.25) is 0 Å². The molecule has 126 valence electrons. The lowest BCUT2D eigenvalue weighted by atomic mass is 10.1. The average molecular weight is 358 g/mol. The molecule has 8 heteroatoms. The molecule has 0 bridgehead atoms. The lowest BCUT2D eigenvalue weighted by molar-refractivity contribution is 0.480. The fourth-order valence-electron chi connectivity index (χ4n) is 1.71. The van der Waals surface area contributed by atoms with Crippen LogP contribution in [0.25, 0.3) is 0 Å². The highest BCUT2D eigenvalue weighted by atomic mass is 32.2. The first-order chi connectivity index (χ1) is 10.4. The summed E-state index contributed by atoms with van der Waals surface area (Å²) in [6.07, 6.45) is 0. The maximum atomic E-state index is 10.8. The van der Waals surface area contributed by atoms with Gasteiger partial charge in [-0.2, -0.15) is 16.8 Å². The largest absolute Gasteiger partial charge is 0.294 e. The molecule has 0 atom stereocenters. The molecule has 2 aromatic rings. The summed E-state index contributed by atoms with van der Waals surface area (Å²) in [6.45, 7) is 5.30. The number of hydrogen-bond acceptors (Lipinski definition) is 4. The summed E-state index contributed by atoms with van der Waals surface area (Å²) in [5.74, 6) is 0. The molecule has 2 aromatic carbocycles. The molecule has 0 spiro atoms. The maximum absolute atomic E-state index is 10.8. The second-order valence-corrected chi connectivity index (χ2v) is 7.77. The van der Waals surface area contributed by atoms with Crippen molar-refractivity contribution in [2.75, 3.05) is 0 Å². The van der Waals surface area contributed by atoms with Gasteiger partial charge in [0.25, 0.3) is 20.2 Å². The Balaban J connectivity index is 0.000000231. The smallest absolute Gasteiger partial charge is 0.282 e. The Labute approximate surface area is 136 Å².